The number of hydrogen-bond donors (Lipinski definition) is 1. The lowest BCUT2D eigenvalue weighted by Gasteiger charge is -2.19. The van der Waals surface area contributed by atoms with Gasteiger partial charge in [0.25, 0.3) is 0 Å². The van der Waals surface area contributed by atoms with Gasteiger partial charge in [0, 0.05) is 25.4 Å². The molecule has 1 amide bonds. The number of hydrogen-bond acceptors (Lipinski definition) is 4. The van der Waals surface area contributed by atoms with Crippen LogP contribution < -0.4 is 10.1 Å². The molecule has 0 spiro atoms. The molecule has 1 rings (SSSR count). The van der Waals surface area contributed by atoms with Crippen molar-refractivity contribution < 1.29 is 14.3 Å². The fourth-order valence-corrected chi connectivity index (χ4v) is 1.91. The third-order valence-electron chi connectivity index (χ3n) is 3.05. The molecule has 0 aliphatic rings. The minimum absolute atomic E-state index is 0.00170. The van der Waals surface area contributed by atoms with E-state index < -0.39 is 0 Å². The van der Waals surface area contributed by atoms with Crippen molar-refractivity contribution in [2.75, 3.05) is 44.8 Å². The molecule has 0 aromatic heterocycles. The van der Waals surface area contributed by atoms with Crippen LogP contribution in [-0.4, -0.2) is 50.3 Å². The second-order valence-electron chi connectivity index (χ2n) is 4.80. The lowest BCUT2D eigenvalue weighted by atomic mass is 10.3. The molecule has 0 unspecified atom stereocenters. The Bertz CT molecular complexity index is 476. The Labute approximate surface area is 138 Å². The molecule has 0 bridgehead atoms. The van der Waals surface area contributed by atoms with Crippen LogP contribution in [0.25, 0.3) is 0 Å². The quantitative estimate of drug-likeness (QED) is 0.475. The highest BCUT2D eigenvalue weighted by atomic mass is 16.5. The lowest BCUT2D eigenvalue weighted by molar-refractivity contribution is -0.128. The number of benzene rings is 1. The van der Waals surface area contributed by atoms with E-state index in [1.165, 1.54) is 0 Å². The summed E-state index contributed by atoms with van der Waals surface area (Å²) < 4.78 is 10.8. The van der Waals surface area contributed by atoms with Crippen LogP contribution in [0.1, 0.15) is 6.92 Å². The van der Waals surface area contributed by atoms with E-state index in [2.05, 4.69) is 18.5 Å². The Kier molecular flexibility index (Phi) is 9.24. The number of amides is 1. The molecular weight excluding hydrogens is 292 g/mol. The molecule has 1 N–H and O–H groups in total. The van der Waals surface area contributed by atoms with Crippen LogP contribution in [0, 0.1) is 0 Å². The molecule has 0 fully saturated rings. The van der Waals surface area contributed by atoms with E-state index in [1.54, 1.807) is 17.1 Å². The fourth-order valence-electron chi connectivity index (χ4n) is 1.91. The summed E-state index contributed by atoms with van der Waals surface area (Å²) in [5.74, 6) is 0.781. The van der Waals surface area contributed by atoms with Gasteiger partial charge in [0.15, 0.2) is 0 Å². The number of nitrogens with zero attached hydrogens (tertiary/aromatic N) is 1. The maximum Gasteiger partial charge on any atom is 0.242 e. The third-order valence-corrected chi connectivity index (χ3v) is 3.05. The monoisotopic (exact) mass is 318 g/mol. The van der Waals surface area contributed by atoms with Gasteiger partial charge < -0.3 is 19.7 Å². The first-order valence-electron chi connectivity index (χ1n) is 7.75. The molecule has 1 aromatic rings. The Morgan fingerprint density at radius 2 is 1.83 bits per heavy atom. The number of nitrogens with one attached hydrogen (secondary N) is 1. The first-order chi connectivity index (χ1) is 11.2. The summed E-state index contributed by atoms with van der Waals surface area (Å²) in [5.41, 5.74) is 0.868. The highest BCUT2D eigenvalue weighted by molar-refractivity contribution is 5.81. The maximum absolute atomic E-state index is 12.1. The van der Waals surface area contributed by atoms with Gasteiger partial charge in [0.1, 0.15) is 12.4 Å². The van der Waals surface area contributed by atoms with Gasteiger partial charge in [-0.25, -0.2) is 0 Å². The van der Waals surface area contributed by atoms with Crippen molar-refractivity contribution in [2.45, 2.75) is 6.92 Å². The van der Waals surface area contributed by atoms with E-state index in [1.807, 2.05) is 31.2 Å². The summed E-state index contributed by atoms with van der Waals surface area (Å²) in [6.07, 6.45) is 3.41. The van der Waals surface area contributed by atoms with E-state index in [-0.39, 0.29) is 12.5 Å². The van der Waals surface area contributed by atoms with Gasteiger partial charge in [-0.1, -0.05) is 12.2 Å². The van der Waals surface area contributed by atoms with Crippen molar-refractivity contribution in [2.24, 2.45) is 0 Å². The summed E-state index contributed by atoms with van der Waals surface area (Å²) in [7, 11) is 0. The standard InChI is InChI=1S/C18H26N2O3/c1-4-11-20(12-5-2)18(21)15-19-16-7-9-17(10-8-16)23-14-13-22-6-3/h4-5,7-10,19H,1-2,6,11-15H2,3H3. The molecule has 1 aromatic carbocycles. The highest BCUT2D eigenvalue weighted by Crippen LogP contribution is 2.15. The fraction of sp³-hybridized carbons (Fsp3) is 0.389. The minimum atomic E-state index is 0.00170. The largest absolute Gasteiger partial charge is 0.491 e. The smallest absolute Gasteiger partial charge is 0.242 e. The zero-order chi connectivity index (χ0) is 16.9. The number of carbonyl (C=O) groups excluding carboxylic acids is 1. The number of carbonyl (C=O) groups is 1. The minimum Gasteiger partial charge on any atom is -0.491 e. The number of ether oxygens (including phenoxy) is 2. The van der Waals surface area contributed by atoms with Crippen molar-refractivity contribution >= 4 is 11.6 Å². The topological polar surface area (TPSA) is 50.8 Å². The van der Waals surface area contributed by atoms with Crippen molar-refractivity contribution in [1.82, 2.24) is 4.90 Å². The molecule has 0 heterocycles. The van der Waals surface area contributed by atoms with E-state index in [4.69, 9.17) is 9.47 Å². The maximum atomic E-state index is 12.1. The van der Waals surface area contributed by atoms with Crippen LogP contribution in [0.2, 0.25) is 0 Å². The van der Waals surface area contributed by atoms with Gasteiger partial charge in [0.05, 0.1) is 13.2 Å². The summed E-state index contributed by atoms with van der Waals surface area (Å²) in [6.45, 7) is 12.3. The average Bonchev–Trinajstić information content (AvgIpc) is 2.57. The average molecular weight is 318 g/mol. The highest BCUT2D eigenvalue weighted by Gasteiger charge is 2.09. The van der Waals surface area contributed by atoms with Crippen LogP contribution in [0.5, 0.6) is 5.75 Å². The van der Waals surface area contributed by atoms with E-state index in [9.17, 15) is 4.79 Å². The molecule has 23 heavy (non-hydrogen) atoms. The Hall–Kier alpha value is -2.27. The SMILES string of the molecule is C=CCN(CC=C)C(=O)CNc1ccc(OCCOCC)cc1. The van der Waals surface area contributed by atoms with Crippen molar-refractivity contribution in [3.8, 4) is 5.75 Å². The normalized spacial score (nSPS) is 9.96. The second kappa shape index (κ2) is 11.3. The lowest BCUT2D eigenvalue weighted by Crippen LogP contribution is -2.35. The van der Waals surface area contributed by atoms with Gasteiger partial charge in [-0.05, 0) is 31.2 Å². The van der Waals surface area contributed by atoms with Gasteiger partial charge in [-0.2, -0.15) is 0 Å². The van der Waals surface area contributed by atoms with Crippen LogP contribution in [0.3, 0.4) is 0 Å². The third kappa shape index (κ3) is 7.51. The van der Waals surface area contributed by atoms with E-state index in [0.29, 0.717) is 32.9 Å². The Morgan fingerprint density at radius 1 is 1.17 bits per heavy atom. The first kappa shape index (κ1) is 18.8. The molecule has 126 valence electrons. The van der Waals surface area contributed by atoms with Crippen LogP contribution >= 0.6 is 0 Å². The molecule has 5 nitrogen and oxygen atoms in total. The van der Waals surface area contributed by atoms with Crippen molar-refractivity contribution in [3.63, 3.8) is 0 Å². The summed E-state index contributed by atoms with van der Waals surface area (Å²) in [6, 6.07) is 7.50. The predicted molar refractivity (Wildman–Crippen MR) is 93.9 cm³/mol. The molecule has 0 saturated carbocycles. The van der Waals surface area contributed by atoms with Crippen LogP contribution in [-0.2, 0) is 9.53 Å². The molecule has 0 radical (unpaired) electrons. The molecule has 0 aliphatic carbocycles. The molecular formula is C18H26N2O3. The van der Waals surface area contributed by atoms with Gasteiger partial charge in [-0.15, -0.1) is 13.2 Å². The van der Waals surface area contributed by atoms with Crippen LogP contribution in [0.4, 0.5) is 5.69 Å². The Balaban J connectivity index is 2.40. The first-order valence-corrected chi connectivity index (χ1v) is 7.75. The van der Waals surface area contributed by atoms with Gasteiger partial charge >= 0.3 is 0 Å². The Morgan fingerprint density at radius 3 is 2.39 bits per heavy atom. The van der Waals surface area contributed by atoms with Gasteiger partial charge in [0.2, 0.25) is 5.91 Å². The van der Waals surface area contributed by atoms with Crippen LogP contribution in [0.15, 0.2) is 49.6 Å². The number of anilines is 1. The van der Waals surface area contributed by atoms with E-state index in [0.717, 1.165) is 11.4 Å². The van der Waals surface area contributed by atoms with Crippen molar-refractivity contribution in [1.29, 1.82) is 0 Å². The summed E-state index contributed by atoms with van der Waals surface area (Å²) in [4.78, 5) is 13.8. The van der Waals surface area contributed by atoms with Crippen molar-refractivity contribution in [3.05, 3.63) is 49.6 Å². The zero-order valence-electron chi connectivity index (χ0n) is 13.8. The predicted octanol–water partition coefficient (Wildman–Crippen LogP) is 2.71. The second-order valence-corrected chi connectivity index (χ2v) is 4.80. The summed E-state index contributed by atoms with van der Waals surface area (Å²) >= 11 is 0. The summed E-state index contributed by atoms with van der Waals surface area (Å²) in [5, 5.41) is 3.11. The molecule has 5 heteroatoms. The zero-order valence-corrected chi connectivity index (χ0v) is 13.8. The molecule has 0 saturated heterocycles. The molecule has 0 aliphatic heterocycles. The number of rotatable bonds is 12. The molecule has 0 atom stereocenters. The van der Waals surface area contributed by atoms with Gasteiger partial charge in [-0.3, -0.25) is 4.79 Å². The van der Waals surface area contributed by atoms with E-state index >= 15 is 0 Å².